The lowest BCUT2D eigenvalue weighted by Crippen LogP contribution is -2.40. The van der Waals surface area contributed by atoms with Crippen molar-refractivity contribution in [3.05, 3.63) is 29.8 Å². The third-order valence-corrected chi connectivity index (χ3v) is 3.53. The zero-order chi connectivity index (χ0) is 19.6. The number of carbonyl (C=O) groups excluding carboxylic acids is 1. The van der Waals surface area contributed by atoms with Crippen molar-refractivity contribution in [1.82, 2.24) is 16.0 Å². The van der Waals surface area contributed by atoms with Gasteiger partial charge in [-0.1, -0.05) is 25.1 Å². The second-order valence-electron chi connectivity index (χ2n) is 5.63. The monoisotopic (exact) mass is 374 g/mol. The summed E-state index contributed by atoms with van der Waals surface area (Å²) in [6.45, 7) is 4.34. The number of amides is 1. The van der Waals surface area contributed by atoms with Gasteiger partial charge in [0.05, 0.1) is 0 Å². The predicted molar refractivity (Wildman–Crippen MR) is 93.8 cm³/mol. The predicted octanol–water partition coefficient (Wildman–Crippen LogP) is 2.56. The van der Waals surface area contributed by atoms with Crippen LogP contribution in [0.2, 0.25) is 0 Å². The molecule has 1 aromatic carbocycles. The van der Waals surface area contributed by atoms with E-state index >= 15 is 0 Å². The fourth-order valence-electron chi connectivity index (χ4n) is 2.02. The minimum Gasteiger partial charge on any atom is -0.405 e. The van der Waals surface area contributed by atoms with Gasteiger partial charge in [-0.15, -0.1) is 13.2 Å². The quantitative estimate of drug-likeness (QED) is 0.483. The summed E-state index contributed by atoms with van der Waals surface area (Å²) in [5, 5.41) is 8.69. The Morgan fingerprint density at radius 1 is 1.27 bits per heavy atom. The maximum absolute atomic E-state index is 12.4. The lowest BCUT2D eigenvalue weighted by molar-refractivity contribution is -0.274. The Bertz CT molecular complexity index is 606. The molecule has 3 N–H and O–H groups in total. The van der Waals surface area contributed by atoms with Crippen molar-refractivity contribution < 1.29 is 22.7 Å². The molecule has 26 heavy (non-hydrogen) atoms. The van der Waals surface area contributed by atoms with Gasteiger partial charge < -0.3 is 20.7 Å². The van der Waals surface area contributed by atoms with E-state index in [0.29, 0.717) is 18.1 Å². The Morgan fingerprint density at radius 3 is 2.58 bits per heavy atom. The fourth-order valence-corrected chi connectivity index (χ4v) is 2.02. The first kappa shape index (κ1) is 21.6. The largest absolute Gasteiger partial charge is 0.573 e. The standard InChI is InChI=1S/C17H25F3N4O2/c1-4-12(2)24-15(25)9-10-22-16(21-3)23-11-13-7-5-6-8-14(13)26-17(18,19)20/h5-8,12H,4,9-11H2,1-3H3,(H,24,25)(H2,21,22,23). The van der Waals surface area contributed by atoms with Gasteiger partial charge in [-0.25, -0.2) is 0 Å². The molecule has 0 bridgehead atoms. The van der Waals surface area contributed by atoms with Crippen LogP contribution in [-0.2, 0) is 11.3 Å². The van der Waals surface area contributed by atoms with Gasteiger partial charge in [-0.05, 0) is 19.4 Å². The van der Waals surface area contributed by atoms with Crippen molar-refractivity contribution in [2.45, 2.75) is 45.6 Å². The molecular weight excluding hydrogens is 349 g/mol. The van der Waals surface area contributed by atoms with Gasteiger partial charge in [-0.3, -0.25) is 9.79 Å². The summed E-state index contributed by atoms with van der Waals surface area (Å²) in [6.07, 6.45) is -3.64. The summed E-state index contributed by atoms with van der Waals surface area (Å²) in [5.41, 5.74) is 0.335. The molecule has 0 fully saturated rings. The van der Waals surface area contributed by atoms with Crippen LogP contribution in [0.25, 0.3) is 0 Å². The van der Waals surface area contributed by atoms with Crippen LogP contribution in [-0.4, -0.2) is 37.9 Å². The second-order valence-corrected chi connectivity index (χ2v) is 5.63. The number of rotatable bonds is 8. The van der Waals surface area contributed by atoms with Gasteiger partial charge >= 0.3 is 6.36 Å². The molecule has 0 aliphatic carbocycles. The number of benzene rings is 1. The van der Waals surface area contributed by atoms with Crippen LogP contribution in [0, 0.1) is 0 Å². The van der Waals surface area contributed by atoms with Crippen LogP contribution < -0.4 is 20.7 Å². The van der Waals surface area contributed by atoms with Gasteiger partial charge in [0, 0.05) is 38.2 Å². The summed E-state index contributed by atoms with van der Waals surface area (Å²) in [4.78, 5) is 15.7. The van der Waals surface area contributed by atoms with E-state index < -0.39 is 6.36 Å². The highest BCUT2D eigenvalue weighted by Gasteiger charge is 2.31. The fraction of sp³-hybridized carbons (Fsp3) is 0.529. The summed E-state index contributed by atoms with van der Waals surface area (Å²) in [5.74, 6) is 0.0326. The summed E-state index contributed by atoms with van der Waals surface area (Å²) in [7, 11) is 1.53. The molecule has 9 heteroatoms. The Morgan fingerprint density at radius 2 is 1.96 bits per heavy atom. The summed E-state index contributed by atoms with van der Waals surface area (Å²) >= 11 is 0. The Labute approximate surface area is 151 Å². The molecule has 1 atom stereocenters. The van der Waals surface area contributed by atoms with Crippen molar-refractivity contribution in [3.8, 4) is 5.75 Å². The van der Waals surface area contributed by atoms with Gasteiger partial charge in [0.25, 0.3) is 0 Å². The van der Waals surface area contributed by atoms with E-state index in [-0.39, 0.29) is 30.7 Å². The topological polar surface area (TPSA) is 74.8 Å². The number of nitrogens with zero attached hydrogens (tertiary/aromatic N) is 1. The Balaban J connectivity index is 2.49. The molecule has 0 saturated heterocycles. The van der Waals surface area contributed by atoms with Crippen molar-refractivity contribution in [3.63, 3.8) is 0 Å². The molecule has 1 aromatic rings. The molecule has 0 aromatic heterocycles. The van der Waals surface area contributed by atoms with Gasteiger partial charge in [0.15, 0.2) is 5.96 Å². The average Bonchev–Trinajstić information content (AvgIpc) is 2.57. The van der Waals surface area contributed by atoms with Crippen molar-refractivity contribution in [2.24, 2.45) is 4.99 Å². The minimum absolute atomic E-state index is 0.0776. The smallest absolute Gasteiger partial charge is 0.405 e. The van der Waals surface area contributed by atoms with E-state index in [2.05, 4.69) is 25.7 Å². The highest BCUT2D eigenvalue weighted by atomic mass is 19.4. The maximum Gasteiger partial charge on any atom is 0.573 e. The van der Waals surface area contributed by atoms with Crippen molar-refractivity contribution >= 4 is 11.9 Å². The molecule has 0 spiro atoms. The van der Waals surface area contributed by atoms with Crippen LogP contribution in [0.15, 0.2) is 29.3 Å². The molecule has 6 nitrogen and oxygen atoms in total. The minimum atomic E-state index is -4.75. The number of alkyl halides is 3. The number of carbonyl (C=O) groups is 1. The van der Waals surface area contributed by atoms with Crippen LogP contribution in [0.1, 0.15) is 32.3 Å². The molecule has 0 aliphatic rings. The van der Waals surface area contributed by atoms with E-state index in [1.54, 1.807) is 6.07 Å². The number of para-hydroxylation sites is 1. The molecular formula is C17H25F3N4O2. The first-order valence-corrected chi connectivity index (χ1v) is 8.32. The van der Waals surface area contributed by atoms with E-state index in [4.69, 9.17) is 0 Å². The average molecular weight is 374 g/mol. The van der Waals surface area contributed by atoms with Crippen LogP contribution >= 0.6 is 0 Å². The molecule has 146 valence electrons. The zero-order valence-electron chi connectivity index (χ0n) is 15.1. The molecule has 0 saturated carbocycles. The lowest BCUT2D eigenvalue weighted by atomic mass is 10.2. The molecule has 0 radical (unpaired) electrons. The molecule has 0 aliphatic heterocycles. The number of aliphatic imine (C=N–C) groups is 1. The summed E-state index contributed by atoms with van der Waals surface area (Å²) in [6, 6.07) is 5.98. The number of hydrogen-bond acceptors (Lipinski definition) is 3. The molecule has 1 rings (SSSR count). The first-order valence-electron chi connectivity index (χ1n) is 8.32. The van der Waals surface area contributed by atoms with E-state index in [9.17, 15) is 18.0 Å². The summed E-state index contributed by atoms with van der Waals surface area (Å²) < 4.78 is 41.3. The normalized spacial score (nSPS) is 13.1. The zero-order valence-corrected chi connectivity index (χ0v) is 15.1. The maximum atomic E-state index is 12.4. The van der Waals surface area contributed by atoms with E-state index in [0.717, 1.165) is 6.42 Å². The first-order chi connectivity index (χ1) is 12.2. The van der Waals surface area contributed by atoms with Crippen LogP contribution in [0.4, 0.5) is 13.2 Å². The van der Waals surface area contributed by atoms with Gasteiger partial charge in [-0.2, -0.15) is 0 Å². The number of nitrogens with one attached hydrogen (secondary N) is 3. The Kier molecular flexibility index (Phi) is 8.74. The van der Waals surface area contributed by atoms with Crippen molar-refractivity contribution in [2.75, 3.05) is 13.6 Å². The highest BCUT2D eigenvalue weighted by Crippen LogP contribution is 2.25. The number of ether oxygens (including phenoxy) is 1. The molecule has 0 heterocycles. The van der Waals surface area contributed by atoms with E-state index in [1.165, 1.54) is 25.2 Å². The van der Waals surface area contributed by atoms with Gasteiger partial charge in [0.1, 0.15) is 5.75 Å². The van der Waals surface area contributed by atoms with Gasteiger partial charge in [0.2, 0.25) is 5.91 Å². The third-order valence-electron chi connectivity index (χ3n) is 3.53. The van der Waals surface area contributed by atoms with Crippen LogP contribution in [0.5, 0.6) is 5.75 Å². The highest BCUT2D eigenvalue weighted by molar-refractivity contribution is 5.81. The Hall–Kier alpha value is -2.45. The number of hydrogen-bond donors (Lipinski definition) is 3. The van der Waals surface area contributed by atoms with Crippen LogP contribution in [0.3, 0.4) is 0 Å². The number of halogens is 3. The van der Waals surface area contributed by atoms with E-state index in [1.807, 2.05) is 13.8 Å². The second kappa shape index (κ2) is 10.5. The number of guanidine groups is 1. The van der Waals surface area contributed by atoms with Crippen molar-refractivity contribution in [1.29, 1.82) is 0 Å². The SMILES string of the molecule is CCC(C)NC(=O)CCNC(=NC)NCc1ccccc1OC(F)(F)F. The molecule has 1 unspecified atom stereocenters. The molecule has 1 amide bonds. The third kappa shape index (κ3) is 8.59. The lowest BCUT2D eigenvalue weighted by Gasteiger charge is -2.16.